The van der Waals surface area contributed by atoms with Gasteiger partial charge < -0.3 is 15.1 Å². The maximum atomic E-state index is 14.1. The summed E-state index contributed by atoms with van der Waals surface area (Å²) in [6.07, 6.45) is 0.576. The van der Waals surface area contributed by atoms with Crippen molar-refractivity contribution in [2.24, 2.45) is 0 Å². The number of para-hydroxylation sites is 1. The molecule has 3 aliphatic rings. The van der Waals surface area contributed by atoms with E-state index in [1.807, 2.05) is 36.4 Å². The van der Waals surface area contributed by atoms with Crippen LogP contribution in [-0.4, -0.2) is 51.5 Å². The fourth-order valence-corrected chi connectivity index (χ4v) is 5.62. The Morgan fingerprint density at radius 3 is 2.45 bits per heavy atom. The van der Waals surface area contributed by atoms with Crippen LogP contribution in [0.3, 0.4) is 0 Å². The summed E-state index contributed by atoms with van der Waals surface area (Å²) < 4.78 is 28.2. The number of imide groups is 1. The number of anilines is 2. The Morgan fingerprint density at radius 2 is 1.67 bits per heavy atom. The second-order valence-electron chi connectivity index (χ2n) is 8.44. The lowest BCUT2D eigenvalue weighted by atomic mass is 10.1. The molecule has 0 saturated carbocycles. The van der Waals surface area contributed by atoms with Gasteiger partial charge in [0.2, 0.25) is 0 Å². The van der Waals surface area contributed by atoms with Crippen molar-refractivity contribution >= 4 is 51.4 Å². The van der Waals surface area contributed by atoms with E-state index in [0.29, 0.717) is 18.7 Å². The molecule has 3 saturated heterocycles. The lowest BCUT2D eigenvalue weighted by molar-refractivity contribution is -0.120. The molecule has 3 aliphatic heterocycles. The number of carbonyl (C=O) groups is 2. The van der Waals surface area contributed by atoms with Gasteiger partial charge in [0.15, 0.2) is 5.11 Å². The van der Waals surface area contributed by atoms with E-state index < -0.39 is 17.7 Å². The molecule has 3 atom stereocenters. The average Bonchev–Trinajstić information content (AvgIpc) is 3.47. The average molecular weight is 464 g/mol. The third-order valence-electron chi connectivity index (χ3n) is 6.73. The Balaban J connectivity index is 1.30. The number of likely N-dealkylation sites (tertiary alicyclic amines) is 1. The first-order valence-electron chi connectivity index (χ1n) is 10.6. The second-order valence-corrected chi connectivity index (χ2v) is 8.83. The Labute approximate surface area is 193 Å². The molecule has 3 aromatic carbocycles. The van der Waals surface area contributed by atoms with Crippen LogP contribution >= 0.6 is 12.2 Å². The minimum atomic E-state index is -0.752. The van der Waals surface area contributed by atoms with E-state index in [-0.39, 0.29) is 34.8 Å². The van der Waals surface area contributed by atoms with E-state index in [2.05, 4.69) is 5.32 Å². The Kier molecular flexibility index (Phi) is 4.38. The smallest absolute Gasteiger partial charge is 0.332 e. The zero-order valence-electron chi connectivity index (χ0n) is 17.2. The quantitative estimate of drug-likeness (QED) is 0.457. The van der Waals surface area contributed by atoms with Crippen LogP contribution in [-0.2, 0) is 4.79 Å². The van der Waals surface area contributed by atoms with Crippen LogP contribution < -0.4 is 10.2 Å². The van der Waals surface area contributed by atoms with Gasteiger partial charge in [-0.1, -0.05) is 42.5 Å². The summed E-state index contributed by atoms with van der Waals surface area (Å²) in [6.45, 7) is 0.394. The molecule has 3 aromatic rings. The van der Waals surface area contributed by atoms with Crippen LogP contribution in [0.2, 0.25) is 0 Å². The number of thiocarbonyl (C=S) groups is 1. The maximum absolute atomic E-state index is 14.1. The van der Waals surface area contributed by atoms with Gasteiger partial charge in [0.1, 0.15) is 23.4 Å². The predicted octanol–water partition coefficient (Wildman–Crippen LogP) is 4.11. The third-order valence-corrected chi connectivity index (χ3v) is 7.06. The van der Waals surface area contributed by atoms with Gasteiger partial charge in [0, 0.05) is 11.9 Å². The number of rotatable bonds is 2. The fraction of sp³-hybridized carbons (Fsp3) is 0.208. The zero-order chi connectivity index (χ0) is 22.9. The van der Waals surface area contributed by atoms with Crippen molar-refractivity contribution in [3.8, 4) is 0 Å². The highest BCUT2D eigenvalue weighted by Gasteiger charge is 2.62. The lowest BCUT2D eigenvalue weighted by Gasteiger charge is -2.36. The Morgan fingerprint density at radius 1 is 0.970 bits per heavy atom. The van der Waals surface area contributed by atoms with E-state index >= 15 is 0 Å². The number of nitrogens with zero attached hydrogens (tertiary/aromatic N) is 3. The summed E-state index contributed by atoms with van der Waals surface area (Å²) in [4.78, 5) is 31.5. The number of piperazine rings is 1. The van der Waals surface area contributed by atoms with Gasteiger partial charge in [-0.05, 0) is 42.2 Å². The van der Waals surface area contributed by atoms with E-state index in [1.165, 1.54) is 11.0 Å². The van der Waals surface area contributed by atoms with E-state index in [4.69, 9.17) is 12.2 Å². The van der Waals surface area contributed by atoms with Crippen LogP contribution in [0.25, 0.3) is 10.8 Å². The van der Waals surface area contributed by atoms with Crippen molar-refractivity contribution in [3.05, 3.63) is 72.3 Å². The highest BCUT2D eigenvalue weighted by molar-refractivity contribution is 7.80. The Hall–Kier alpha value is -3.59. The molecule has 0 radical (unpaired) electrons. The molecule has 0 aliphatic carbocycles. The van der Waals surface area contributed by atoms with Gasteiger partial charge in [-0.25, -0.2) is 18.5 Å². The van der Waals surface area contributed by atoms with Crippen LogP contribution in [0.1, 0.15) is 6.42 Å². The van der Waals surface area contributed by atoms with Crippen LogP contribution in [0.5, 0.6) is 0 Å². The van der Waals surface area contributed by atoms with Crippen molar-refractivity contribution in [3.63, 3.8) is 0 Å². The molecule has 33 heavy (non-hydrogen) atoms. The second kappa shape index (κ2) is 7.21. The van der Waals surface area contributed by atoms with Gasteiger partial charge in [-0.2, -0.15) is 0 Å². The summed E-state index contributed by atoms with van der Waals surface area (Å²) in [5, 5.41) is 4.55. The van der Waals surface area contributed by atoms with Crippen LogP contribution in [0.15, 0.2) is 60.7 Å². The number of halogens is 2. The van der Waals surface area contributed by atoms with Crippen molar-refractivity contribution in [2.45, 2.75) is 24.5 Å². The van der Waals surface area contributed by atoms with Crippen LogP contribution in [0.4, 0.5) is 25.0 Å². The number of amides is 3. The molecule has 2 unspecified atom stereocenters. The topological polar surface area (TPSA) is 55.9 Å². The molecule has 0 aromatic heterocycles. The summed E-state index contributed by atoms with van der Waals surface area (Å²) in [5.74, 6) is -1.82. The first-order chi connectivity index (χ1) is 16.0. The monoisotopic (exact) mass is 464 g/mol. The van der Waals surface area contributed by atoms with Crippen molar-refractivity contribution < 1.29 is 18.4 Å². The highest BCUT2D eigenvalue weighted by atomic mass is 32.1. The molecule has 3 amide bonds. The molecule has 9 heteroatoms. The third kappa shape index (κ3) is 2.85. The number of carbonyl (C=O) groups excluding carboxylic acids is 2. The highest BCUT2D eigenvalue weighted by Crippen LogP contribution is 2.43. The van der Waals surface area contributed by atoms with Gasteiger partial charge >= 0.3 is 6.03 Å². The molecule has 6 nitrogen and oxygen atoms in total. The molecular formula is C24H18F2N4O2S. The zero-order valence-corrected chi connectivity index (χ0v) is 18.1. The summed E-state index contributed by atoms with van der Waals surface area (Å²) in [7, 11) is 0. The summed E-state index contributed by atoms with van der Waals surface area (Å²) in [5.41, 5.74) is 0.228. The van der Waals surface area contributed by atoms with E-state index in [1.54, 1.807) is 15.9 Å². The number of hydrogen-bond donors (Lipinski definition) is 1. The number of urea groups is 1. The first-order valence-corrected chi connectivity index (χ1v) is 11.0. The van der Waals surface area contributed by atoms with Gasteiger partial charge in [-0.3, -0.25) is 4.79 Å². The van der Waals surface area contributed by atoms with Gasteiger partial charge in [0.25, 0.3) is 5.91 Å². The lowest BCUT2D eigenvalue weighted by Crippen LogP contribution is -2.55. The molecular weight excluding hydrogens is 446 g/mol. The molecule has 1 N–H and O–H groups in total. The minimum absolute atomic E-state index is 0.134. The molecule has 2 bridgehead atoms. The first kappa shape index (κ1) is 20.0. The van der Waals surface area contributed by atoms with E-state index in [0.717, 1.165) is 22.9 Å². The predicted molar refractivity (Wildman–Crippen MR) is 124 cm³/mol. The summed E-state index contributed by atoms with van der Waals surface area (Å²) >= 11 is 5.45. The standard InChI is InChI=1S/C24H18F2N4O2S/c25-16-8-4-9-17(26)20(16)27-23(33)28-12-14-11-19(28)21-22(31)30(24(32)29(14)21)18-10-3-6-13-5-1-2-7-15(13)18/h1-10,14,19,21H,11-12H2,(H,27,33)/t14?,19?,21-/m0/s1. The number of fused-ring (bicyclic) bond motifs is 6. The Bertz CT molecular complexity index is 1320. The number of hydrogen-bond acceptors (Lipinski definition) is 3. The summed E-state index contributed by atoms with van der Waals surface area (Å²) in [6, 6.07) is 15.1. The van der Waals surface area contributed by atoms with Crippen molar-refractivity contribution in [1.29, 1.82) is 0 Å². The molecule has 0 spiro atoms. The van der Waals surface area contributed by atoms with Gasteiger partial charge in [-0.15, -0.1) is 0 Å². The SMILES string of the molecule is O=C1[C@@H]2C3CC(CN3C(=S)Nc3c(F)cccc3F)N2C(=O)N1c1cccc2ccccc12. The normalized spacial score (nSPS) is 23.6. The van der Waals surface area contributed by atoms with Crippen molar-refractivity contribution in [2.75, 3.05) is 16.8 Å². The van der Waals surface area contributed by atoms with Crippen LogP contribution in [0, 0.1) is 11.6 Å². The van der Waals surface area contributed by atoms with Crippen molar-refractivity contribution in [1.82, 2.24) is 9.80 Å². The number of benzene rings is 3. The minimum Gasteiger partial charge on any atom is -0.341 e. The van der Waals surface area contributed by atoms with Gasteiger partial charge in [0.05, 0.1) is 17.8 Å². The maximum Gasteiger partial charge on any atom is 0.332 e. The fourth-order valence-electron chi connectivity index (χ4n) is 5.31. The molecule has 3 heterocycles. The molecule has 3 fully saturated rings. The number of nitrogens with one attached hydrogen (secondary N) is 1. The molecule has 6 rings (SSSR count). The largest absolute Gasteiger partial charge is 0.341 e. The molecule has 166 valence electrons. The van der Waals surface area contributed by atoms with E-state index in [9.17, 15) is 18.4 Å².